The molecule has 2 bridgehead atoms. The van der Waals surface area contributed by atoms with Gasteiger partial charge in [-0.2, -0.15) is 4.98 Å². The largest absolute Gasteiger partial charge is 0.374 e. The number of carbonyl (C=O) groups is 1. The van der Waals surface area contributed by atoms with Crippen molar-refractivity contribution in [3.05, 3.63) is 11.7 Å². The molecule has 23 heavy (non-hydrogen) atoms. The average molecular weight is 345 g/mol. The van der Waals surface area contributed by atoms with Gasteiger partial charge in [-0.1, -0.05) is 5.16 Å². The number of ether oxygens (including phenoxy) is 1. The molecule has 3 rings (SSSR count). The van der Waals surface area contributed by atoms with Gasteiger partial charge in [0.1, 0.15) is 6.10 Å². The number of fused-ring (bicyclic) bond motifs is 2. The van der Waals surface area contributed by atoms with Crippen molar-refractivity contribution in [2.24, 2.45) is 23.5 Å². The summed E-state index contributed by atoms with van der Waals surface area (Å²) < 4.78 is 10.3. The van der Waals surface area contributed by atoms with Crippen LogP contribution in [-0.4, -0.2) is 41.1 Å². The number of methoxy groups -OCH3 is 1. The lowest BCUT2D eigenvalue weighted by Gasteiger charge is -2.30. The standard InChI is InChI=1S/C15H24N4O3.ClH/c1-8(21-3)14-17-11(22-18-14)7-19(2)15(20)12-9-4-5-10(6-9)13(12)16;/h8-10,12-13H,4-7,16H2,1-3H3;1H. The summed E-state index contributed by atoms with van der Waals surface area (Å²) in [6, 6.07) is 0.000426. The van der Waals surface area contributed by atoms with Crippen LogP contribution in [0.5, 0.6) is 0 Å². The summed E-state index contributed by atoms with van der Waals surface area (Å²) in [7, 11) is 3.36. The first-order valence-corrected chi connectivity index (χ1v) is 7.87. The van der Waals surface area contributed by atoms with Crippen molar-refractivity contribution in [2.45, 2.75) is 44.9 Å². The maximum Gasteiger partial charge on any atom is 0.246 e. The molecule has 0 spiro atoms. The molecule has 2 N–H and O–H groups in total. The van der Waals surface area contributed by atoms with Gasteiger partial charge in [-0.15, -0.1) is 12.4 Å². The van der Waals surface area contributed by atoms with Gasteiger partial charge in [0.05, 0.1) is 12.5 Å². The molecule has 1 amide bonds. The van der Waals surface area contributed by atoms with Gasteiger partial charge in [-0.25, -0.2) is 0 Å². The minimum Gasteiger partial charge on any atom is -0.374 e. The van der Waals surface area contributed by atoms with Crippen molar-refractivity contribution < 1.29 is 14.1 Å². The van der Waals surface area contributed by atoms with E-state index in [1.165, 1.54) is 6.42 Å². The van der Waals surface area contributed by atoms with Gasteiger partial charge >= 0.3 is 0 Å². The highest BCUT2D eigenvalue weighted by Crippen LogP contribution is 2.48. The second-order valence-electron chi connectivity index (χ2n) is 6.55. The lowest BCUT2D eigenvalue weighted by Crippen LogP contribution is -2.45. The first-order chi connectivity index (χ1) is 10.5. The van der Waals surface area contributed by atoms with Crippen molar-refractivity contribution >= 4 is 18.3 Å². The third-order valence-corrected chi connectivity index (χ3v) is 5.22. The minimum atomic E-state index is -0.225. The van der Waals surface area contributed by atoms with Crippen molar-refractivity contribution in [1.82, 2.24) is 15.0 Å². The molecule has 7 nitrogen and oxygen atoms in total. The first kappa shape index (κ1) is 18.2. The van der Waals surface area contributed by atoms with E-state index in [1.54, 1.807) is 19.1 Å². The summed E-state index contributed by atoms with van der Waals surface area (Å²) in [6.45, 7) is 2.15. The number of halogens is 1. The third-order valence-electron chi connectivity index (χ3n) is 5.22. The summed E-state index contributed by atoms with van der Waals surface area (Å²) in [6.07, 6.45) is 3.17. The second-order valence-corrected chi connectivity index (χ2v) is 6.55. The van der Waals surface area contributed by atoms with E-state index < -0.39 is 0 Å². The van der Waals surface area contributed by atoms with Crippen LogP contribution in [0.4, 0.5) is 0 Å². The molecule has 2 aliphatic carbocycles. The molecule has 1 aromatic rings. The average Bonchev–Trinajstić information content (AvgIpc) is 3.21. The maximum atomic E-state index is 12.7. The van der Waals surface area contributed by atoms with Crippen LogP contribution in [0.3, 0.4) is 0 Å². The van der Waals surface area contributed by atoms with Gasteiger partial charge in [-0.05, 0) is 38.0 Å². The lowest BCUT2D eigenvalue weighted by atomic mass is 9.84. The molecular weight excluding hydrogens is 320 g/mol. The summed E-state index contributed by atoms with van der Waals surface area (Å²) in [5.74, 6) is 1.93. The smallest absolute Gasteiger partial charge is 0.246 e. The zero-order valence-corrected chi connectivity index (χ0v) is 14.6. The van der Waals surface area contributed by atoms with Crippen LogP contribution in [0, 0.1) is 17.8 Å². The predicted octanol–water partition coefficient (Wildman–Crippen LogP) is 1.53. The number of nitrogens with two attached hydrogens (primary N) is 1. The maximum absolute atomic E-state index is 12.7. The Labute approximate surface area is 142 Å². The van der Waals surface area contributed by atoms with Crippen LogP contribution < -0.4 is 5.73 Å². The Morgan fingerprint density at radius 1 is 1.48 bits per heavy atom. The summed E-state index contributed by atoms with van der Waals surface area (Å²) >= 11 is 0. The molecule has 2 saturated carbocycles. The molecule has 1 aromatic heterocycles. The topological polar surface area (TPSA) is 94.5 Å². The van der Waals surface area contributed by atoms with Gasteiger partial charge < -0.3 is 19.9 Å². The van der Waals surface area contributed by atoms with E-state index in [2.05, 4.69) is 10.1 Å². The van der Waals surface area contributed by atoms with Crippen LogP contribution >= 0.6 is 12.4 Å². The highest BCUT2D eigenvalue weighted by Gasteiger charge is 2.49. The Kier molecular flexibility index (Phi) is 5.65. The molecule has 0 saturated heterocycles. The second kappa shape index (κ2) is 7.15. The SMILES string of the molecule is COC(C)c1noc(CN(C)C(=O)C2C3CCC(C3)C2N)n1.Cl. The molecule has 1 heterocycles. The Balaban J connectivity index is 0.00000192. The van der Waals surface area contributed by atoms with E-state index in [4.69, 9.17) is 15.0 Å². The van der Waals surface area contributed by atoms with E-state index in [0.717, 1.165) is 12.8 Å². The number of hydrogen-bond donors (Lipinski definition) is 1. The Morgan fingerprint density at radius 3 is 2.78 bits per heavy atom. The molecule has 2 aliphatic rings. The molecule has 8 heteroatoms. The van der Waals surface area contributed by atoms with Crippen molar-refractivity contribution in [1.29, 1.82) is 0 Å². The fourth-order valence-electron chi connectivity index (χ4n) is 3.84. The van der Waals surface area contributed by atoms with Gasteiger partial charge in [-0.3, -0.25) is 4.79 Å². The third kappa shape index (κ3) is 3.36. The van der Waals surface area contributed by atoms with E-state index in [1.807, 2.05) is 6.92 Å². The highest BCUT2D eigenvalue weighted by atomic mass is 35.5. The molecular formula is C15H25ClN4O3. The number of rotatable bonds is 5. The zero-order valence-electron chi connectivity index (χ0n) is 13.8. The molecule has 5 unspecified atom stereocenters. The molecule has 2 fully saturated rings. The zero-order chi connectivity index (χ0) is 15.9. The summed E-state index contributed by atoms with van der Waals surface area (Å²) in [4.78, 5) is 18.6. The molecule has 5 atom stereocenters. The molecule has 130 valence electrons. The molecule has 0 aliphatic heterocycles. The van der Waals surface area contributed by atoms with E-state index >= 15 is 0 Å². The van der Waals surface area contributed by atoms with Gasteiger partial charge in [0.2, 0.25) is 11.8 Å². The monoisotopic (exact) mass is 344 g/mol. The van der Waals surface area contributed by atoms with Crippen LogP contribution in [0.2, 0.25) is 0 Å². The molecule has 0 aromatic carbocycles. The van der Waals surface area contributed by atoms with E-state index in [-0.39, 0.29) is 36.4 Å². The Morgan fingerprint density at radius 2 is 2.17 bits per heavy atom. The summed E-state index contributed by atoms with van der Waals surface area (Å²) in [5, 5.41) is 3.88. The van der Waals surface area contributed by atoms with Crippen LogP contribution in [0.25, 0.3) is 0 Å². The van der Waals surface area contributed by atoms with Crippen molar-refractivity contribution in [3.8, 4) is 0 Å². The predicted molar refractivity (Wildman–Crippen MR) is 85.7 cm³/mol. The Bertz CT molecular complexity index is 551. The lowest BCUT2D eigenvalue weighted by molar-refractivity contribution is -0.137. The number of hydrogen-bond acceptors (Lipinski definition) is 6. The quantitative estimate of drug-likeness (QED) is 0.870. The van der Waals surface area contributed by atoms with Gasteiger partial charge in [0, 0.05) is 20.2 Å². The van der Waals surface area contributed by atoms with Gasteiger partial charge in [0.25, 0.3) is 0 Å². The number of nitrogens with zero attached hydrogens (tertiary/aromatic N) is 3. The minimum absolute atomic E-state index is 0. The fourth-order valence-corrected chi connectivity index (χ4v) is 3.84. The number of carbonyl (C=O) groups excluding carboxylic acids is 1. The normalized spacial score (nSPS) is 30.1. The van der Waals surface area contributed by atoms with Crippen LogP contribution in [-0.2, 0) is 16.1 Å². The van der Waals surface area contributed by atoms with Gasteiger partial charge in [0.15, 0.2) is 5.82 Å². The first-order valence-electron chi connectivity index (χ1n) is 7.87. The Hall–Kier alpha value is -1.18. The van der Waals surface area contributed by atoms with Crippen molar-refractivity contribution in [2.75, 3.05) is 14.2 Å². The summed E-state index contributed by atoms with van der Waals surface area (Å²) in [5.41, 5.74) is 6.24. The molecule has 0 radical (unpaired) electrons. The van der Waals surface area contributed by atoms with E-state index in [9.17, 15) is 4.79 Å². The van der Waals surface area contributed by atoms with Crippen LogP contribution in [0.1, 0.15) is 44.0 Å². The van der Waals surface area contributed by atoms with Crippen LogP contribution in [0.15, 0.2) is 4.52 Å². The highest BCUT2D eigenvalue weighted by molar-refractivity contribution is 5.85. The van der Waals surface area contributed by atoms with E-state index in [0.29, 0.717) is 30.1 Å². The fraction of sp³-hybridized carbons (Fsp3) is 0.800. The number of aromatic nitrogens is 2. The van der Waals surface area contributed by atoms with Crippen molar-refractivity contribution in [3.63, 3.8) is 0 Å². The number of amides is 1.